The van der Waals surface area contributed by atoms with Gasteiger partial charge in [0.15, 0.2) is 0 Å². The van der Waals surface area contributed by atoms with Crippen LogP contribution in [0.3, 0.4) is 0 Å². The van der Waals surface area contributed by atoms with Gasteiger partial charge in [-0.05, 0) is 26.3 Å². The van der Waals surface area contributed by atoms with Crippen LogP contribution in [0.25, 0.3) is 0 Å². The van der Waals surface area contributed by atoms with Crippen molar-refractivity contribution < 1.29 is 4.21 Å². The summed E-state index contributed by atoms with van der Waals surface area (Å²) in [6.45, 7) is 6.46. The fourth-order valence-electron chi connectivity index (χ4n) is 2.39. The summed E-state index contributed by atoms with van der Waals surface area (Å²) in [5, 5.41) is 3.81. The molecule has 2 rings (SSSR count). The Morgan fingerprint density at radius 1 is 1.47 bits per heavy atom. The second kappa shape index (κ2) is 6.18. The summed E-state index contributed by atoms with van der Waals surface area (Å²) in [6.07, 6.45) is 2.60. The molecule has 2 aliphatic rings. The zero-order chi connectivity index (χ0) is 9.97. The Bertz CT molecular complexity index is 221. The highest BCUT2D eigenvalue weighted by molar-refractivity contribution is 7.85. The summed E-state index contributed by atoms with van der Waals surface area (Å²) in [6, 6.07) is 0.698. The third-order valence-electron chi connectivity index (χ3n) is 3.31. The molecule has 3 atom stereocenters. The van der Waals surface area contributed by atoms with E-state index in [1.165, 1.54) is 19.4 Å². The third-order valence-corrected chi connectivity index (χ3v) is 4.94. The first-order valence-corrected chi connectivity index (χ1v) is 6.97. The van der Waals surface area contributed by atoms with Gasteiger partial charge in [-0.15, -0.1) is 12.4 Å². The van der Waals surface area contributed by atoms with E-state index >= 15 is 0 Å². The molecule has 15 heavy (non-hydrogen) atoms. The van der Waals surface area contributed by atoms with E-state index in [2.05, 4.69) is 17.1 Å². The number of hydrogen-bond donors (Lipinski definition) is 1. The maximum atomic E-state index is 11.5. The topological polar surface area (TPSA) is 32.3 Å². The predicted octanol–water partition coefficient (Wildman–Crippen LogP) is 0.613. The van der Waals surface area contributed by atoms with Gasteiger partial charge in [0.25, 0.3) is 0 Å². The van der Waals surface area contributed by atoms with Crippen LogP contribution in [0.4, 0.5) is 0 Å². The summed E-state index contributed by atoms with van der Waals surface area (Å²) in [5.41, 5.74) is 0. The largest absolute Gasteiger partial charge is 0.315 e. The monoisotopic (exact) mass is 252 g/mol. The molecular formula is C10H21ClN2OS. The lowest BCUT2D eigenvalue weighted by molar-refractivity contribution is 0.171. The molecule has 5 heteroatoms. The molecule has 0 spiro atoms. The fourth-order valence-corrected chi connectivity index (χ4v) is 3.56. The summed E-state index contributed by atoms with van der Waals surface area (Å²) < 4.78 is 11.5. The Kier molecular flexibility index (Phi) is 5.53. The number of rotatable bonds is 1. The zero-order valence-electron chi connectivity index (χ0n) is 9.28. The molecule has 2 fully saturated rings. The van der Waals surface area contributed by atoms with E-state index in [4.69, 9.17) is 0 Å². The first kappa shape index (κ1) is 13.4. The highest BCUT2D eigenvalue weighted by Crippen LogP contribution is 2.15. The van der Waals surface area contributed by atoms with E-state index in [0.29, 0.717) is 11.3 Å². The molecule has 1 N–H and O–H groups in total. The second-order valence-electron chi connectivity index (χ2n) is 4.39. The van der Waals surface area contributed by atoms with Crippen molar-refractivity contribution in [1.29, 1.82) is 0 Å². The lowest BCUT2D eigenvalue weighted by Crippen LogP contribution is -2.52. The van der Waals surface area contributed by atoms with Crippen LogP contribution in [0, 0.1) is 0 Å². The van der Waals surface area contributed by atoms with Crippen LogP contribution in [0.1, 0.15) is 19.8 Å². The molecule has 0 aliphatic carbocycles. The smallest absolute Gasteiger partial charge is 0.0447 e. The fraction of sp³-hybridized carbons (Fsp3) is 1.00. The van der Waals surface area contributed by atoms with Gasteiger partial charge in [0.1, 0.15) is 0 Å². The number of nitrogens with one attached hydrogen (secondary N) is 1. The summed E-state index contributed by atoms with van der Waals surface area (Å²) in [7, 11) is -0.572. The number of nitrogens with zero attached hydrogens (tertiary/aromatic N) is 1. The quantitative estimate of drug-likeness (QED) is 0.743. The zero-order valence-corrected chi connectivity index (χ0v) is 10.9. The minimum absolute atomic E-state index is 0. The van der Waals surface area contributed by atoms with E-state index in [0.717, 1.165) is 25.4 Å². The highest BCUT2D eigenvalue weighted by atomic mass is 35.5. The van der Waals surface area contributed by atoms with Gasteiger partial charge in [-0.1, -0.05) is 0 Å². The molecule has 0 aromatic carbocycles. The Morgan fingerprint density at radius 3 is 2.87 bits per heavy atom. The molecule has 90 valence electrons. The Labute approximate surface area is 101 Å². The first-order valence-electron chi connectivity index (χ1n) is 5.59. The van der Waals surface area contributed by atoms with Gasteiger partial charge in [0.05, 0.1) is 0 Å². The summed E-state index contributed by atoms with van der Waals surface area (Å²) >= 11 is 0. The Hall–Kier alpha value is 0.360. The Morgan fingerprint density at radius 2 is 2.27 bits per heavy atom. The van der Waals surface area contributed by atoms with Crippen molar-refractivity contribution in [3.63, 3.8) is 0 Å². The van der Waals surface area contributed by atoms with Crippen molar-refractivity contribution in [2.24, 2.45) is 0 Å². The molecule has 0 radical (unpaired) electrons. The average Bonchev–Trinajstić information content (AvgIpc) is 2.23. The van der Waals surface area contributed by atoms with Crippen LogP contribution >= 0.6 is 12.4 Å². The van der Waals surface area contributed by atoms with Crippen molar-refractivity contribution in [1.82, 2.24) is 10.2 Å². The molecule has 0 saturated carbocycles. The van der Waals surface area contributed by atoms with Gasteiger partial charge in [0.2, 0.25) is 0 Å². The number of halogens is 1. The van der Waals surface area contributed by atoms with Crippen molar-refractivity contribution in [3.05, 3.63) is 0 Å². The van der Waals surface area contributed by atoms with E-state index in [1.807, 2.05) is 0 Å². The molecule has 0 amide bonds. The SMILES string of the molecule is CC1CN(C2CCCNC2)CCS1=O.Cl. The minimum atomic E-state index is -0.572. The normalized spacial score (nSPS) is 38.3. The average molecular weight is 253 g/mol. The third kappa shape index (κ3) is 3.41. The van der Waals surface area contributed by atoms with Gasteiger partial charge in [0, 0.05) is 47.5 Å². The van der Waals surface area contributed by atoms with Gasteiger partial charge < -0.3 is 5.32 Å². The lowest BCUT2D eigenvalue weighted by Gasteiger charge is -2.38. The van der Waals surface area contributed by atoms with Gasteiger partial charge >= 0.3 is 0 Å². The maximum absolute atomic E-state index is 11.5. The van der Waals surface area contributed by atoms with Crippen LogP contribution in [0.5, 0.6) is 0 Å². The molecule has 2 heterocycles. The molecule has 3 unspecified atom stereocenters. The molecular weight excluding hydrogens is 232 g/mol. The number of hydrogen-bond acceptors (Lipinski definition) is 3. The molecule has 2 aliphatic heterocycles. The maximum Gasteiger partial charge on any atom is 0.0447 e. The van der Waals surface area contributed by atoms with E-state index in [-0.39, 0.29) is 12.4 Å². The first-order chi connectivity index (χ1) is 6.77. The van der Waals surface area contributed by atoms with Gasteiger partial charge in [-0.2, -0.15) is 0 Å². The van der Waals surface area contributed by atoms with Crippen molar-refractivity contribution >= 4 is 23.2 Å². The van der Waals surface area contributed by atoms with E-state index in [9.17, 15) is 4.21 Å². The van der Waals surface area contributed by atoms with Crippen LogP contribution in [-0.4, -0.2) is 52.3 Å². The Balaban J connectivity index is 0.00000112. The summed E-state index contributed by atoms with van der Waals surface area (Å²) in [5.74, 6) is 0.873. The van der Waals surface area contributed by atoms with Crippen LogP contribution in [-0.2, 0) is 10.8 Å². The van der Waals surface area contributed by atoms with Crippen molar-refractivity contribution in [3.8, 4) is 0 Å². The van der Waals surface area contributed by atoms with Crippen LogP contribution in [0.2, 0.25) is 0 Å². The van der Waals surface area contributed by atoms with Crippen LogP contribution < -0.4 is 5.32 Å². The number of piperidine rings is 1. The van der Waals surface area contributed by atoms with Gasteiger partial charge in [-0.25, -0.2) is 0 Å². The standard InChI is InChI=1S/C10H20N2OS.ClH/c1-9-8-12(5-6-14(9)13)10-3-2-4-11-7-10;/h9-11H,2-8H2,1H3;1H. The lowest BCUT2D eigenvalue weighted by atomic mass is 10.1. The highest BCUT2D eigenvalue weighted by Gasteiger charge is 2.28. The molecule has 0 aromatic rings. The van der Waals surface area contributed by atoms with Crippen LogP contribution in [0.15, 0.2) is 0 Å². The van der Waals surface area contributed by atoms with Gasteiger partial charge in [-0.3, -0.25) is 9.11 Å². The van der Waals surface area contributed by atoms with Crippen molar-refractivity contribution in [2.75, 3.05) is 31.9 Å². The molecule has 2 saturated heterocycles. The molecule has 3 nitrogen and oxygen atoms in total. The second-order valence-corrected chi connectivity index (χ2v) is 6.37. The predicted molar refractivity (Wildman–Crippen MR) is 67.2 cm³/mol. The summed E-state index contributed by atoms with van der Waals surface area (Å²) in [4.78, 5) is 2.53. The molecule has 0 aromatic heterocycles. The van der Waals surface area contributed by atoms with E-state index in [1.54, 1.807) is 0 Å². The minimum Gasteiger partial charge on any atom is -0.315 e. The molecule has 0 bridgehead atoms. The van der Waals surface area contributed by atoms with Crippen molar-refractivity contribution in [2.45, 2.75) is 31.1 Å². The van der Waals surface area contributed by atoms with E-state index < -0.39 is 10.8 Å².